The monoisotopic (exact) mass is 549 g/mol. The molecule has 6 nitrogen and oxygen atoms in total. The molecule has 10 heteroatoms. The van der Waals surface area contributed by atoms with Gasteiger partial charge in [0.05, 0.1) is 23.3 Å². The fourth-order valence-electron chi connectivity index (χ4n) is 4.84. The molecule has 2 aromatic carbocycles. The highest BCUT2D eigenvalue weighted by Gasteiger charge is 2.41. The first kappa shape index (κ1) is 26.4. The molecule has 2 atom stereocenters. The number of hydrogen-bond donors (Lipinski definition) is 2. The molecule has 3 heterocycles. The molecule has 0 radical (unpaired) electrons. The summed E-state index contributed by atoms with van der Waals surface area (Å²) >= 11 is 5.69. The summed E-state index contributed by atoms with van der Waals surface area (Å²) < 4.78 is 42.1. The summed E-state index contributed by atoms with van der Waals surface area (Å²) in [5.41, 5.74) is 2.84. The van der Waals surface area contributed by atoms with E-state index in [4.69, 9.17) is 12.2 Å². The number of nitrogens with one attached hydrogen (secondary N) is 2. The van der Waals surface area contributed by atoms with Gasteiger partial charge in [-0.05, 0) is 79.3 Å². The summed E-state index contributed by atoms with van der Waals surface area (Å²) in [5, 5.41) is 6.68. The zero-order valence-corrected chi connectivity index (χ0v) is 21.8. The second-order valence-electron chi connectivity index (χ2n) is 9.34. The van der Waals surface area contributed by atoms with Crippen LogP contribution in [0.25, 0.3) is 5.69 Å². The molecule has 1 aliphatic rings. The van der Waals surface area contributed by atoms with Crippen molar-refractivity contribution >= 4 is 28.9 Å². The van der Waals surface area contributed by atoms with Crippen LogP contribution >= 0.6 is 12.2 Å². The van der Waals surface area contributed by atoms with Crippen LogP contribution in [0.1, 0.15) is 41.0 Å². The number of aryl methyl sites for hydroxylation is 1. The van der Waals surface area contributed by atoms with Crippen molar-refractivity contribution < 1.29 is 18.0 Å². The lowest BCUT2D eigenvalue weighted by Gasteiger charge is -2.29. The SMILES string of the molecule is Cc1cccc(NC(=O)CCN2C(=S)NC(c3ccccn3)C2c2cccn2-c2cccc(C(F)(F)F)c2)c1. The molecule has 1 amide bonds. The number of amides is 1. The maximum absolute atomic E-state index is 13.5. The second kappa shape index (κ2) is 10.9. The molecule has 0 spiro atoms. The molecule has 1 fully saturated rings. The number of pyridine rings is 1. The van der Waals surface area contributed by atoms with E-state index >= 15 is 0 Å². The van der Waals surface area contributed by atoms with Gasteiger partial charge in [-0.2, -0.15) is 13.2 Å². The highest BCUT2D eigenvalue weighted by molar-refractivity contribution is 7.80. The van der Waals surface area contributed by atoms with Gasteiger partial charge in [-0.25, -0.2) is 0 Å². The number of rotatable bonds is 7. The first-order valence-electron chi connectivity index (χ1n) is 12.4. The molecule has 0 saturated carbocycles. The first-order valence-corrected chi connectivity index (χ1v) is 12.8. The van der Waals surface area contributed by atoms with E-state index < -0.39 is 17.8 Å². The lowest BCUT2D eigenvalue weighted by molar-refractivity contribution is -0.137. The Hall–Kier alpha value is -4.18. The molecule has 5 rings (SSSR count). The van der Waals surface area contributed by atoms with Crippen molar-refractivity contribution in [2.75, 3.05) is 11.9 Å². The summed E-state index contributed by atoms with van der Waals surface area (Å²) in [6.07, 6.45) is -0.899. The summed E-state index contributed by atoms with van der Waals surface area (Å²) in [6, 6.07) is 21.1. The van der Waals surface area contributed by atoms with Crippen LogP contribution in [-0.4, -0.2) is 32.0 Å². The van der Waals surface area contributed by atoms with Gasteiger partial charge in [0, 0.05) is 42.4 Å². The maximum Gasteiger partial charge on any atom is 0.416 e. The lowest BCUT2D eigenvalue weighted by Crippen LogP contribution is -2.33. The summed E-state index contributed by atoms with van der Waals surface area (Å²) in [5.74, 6) is -0.170. The molecule has 0 aliphatic carbocycles. The number of hydrogen-bond acceptors (Lipinski definition) is 3. The number of aromatic nitrogens is 2. The van der Waals surface area contributed by atoms with Crippen molar-refractivity contribution in [2.45, 2.75) is 31.6 Å². The van der Waals surface area contributed by atoms with Crippen molar-refractivity contribution in [1.82, 2.24) is 19.8 Å². The zero-order valence-electron chi connectivity index (χ0n) is 21.0. The number of nitrogens with zero attached hydrogens (tertiary/aromatic N) is 3. The molecular weight excluding hydrogens is 523 g/mol. The van der Waals surface area contributed by atoms with Crippen molar-refractivity contribution in [2.24, 2.45) is 0 Å². The smallest absolute Gasteiger partial charge is 0.352 e. The summed E-state index contributed by atoms with van der Waals surface area (Å²) in [7, 11) is 0. The average Bonchev–Trinajstić information content (AvgIpc) is 3.52. The van der Waals surface area contributed by atoms with E-state index in [9.17, 15) is 18.0 Å². The topological polar surface area (TPSA) is 62.2 Å². The molecular formula is C29H26F3N5OS. The minimum absolute atomic E-state index is 0.158. The summed E-state index contributed by atoms with van der Waals surface area (Å²) in [4.78, 5) is 19.2. The first-order chi connectivity index (χ1) is 18.7. The Balaban J connectivity index is 1.46. The molecule has 200 valence electrons. The molecule has 1 aliphatic heterocycles. The van der Waals surface area contributed by atoms with Gasteiger partial charge >= 0.3 is 6.18 Å². The standard InChI is InChI=1S/C29H26F3N5OS/c1-19-7-4-9-21(17-19)34-25(38)13-16-37-27(26(35-28(37)39)23-11-2-3-14-33-23)24-12-6-15-36(24)22-10-5-8-20(18-22)29(30,31)32/h2-12,14-15,17-18,26-27H,13,16H2,1H3,(H,34,38)(H,35,39). The van der Waals surface area contributed by atoms with Crippen LogP contribution < -0.4 is 10.6 Å². The Morgan fingerprint density at radius 1 is 1.05 bits per heavy atom. The van der Waals surface area contributed by atoms with E-state index in [1.807, 2.05) is 60.4 Å². The van der Waals surface area contributed by atoms with Gasteiger partial charge in [0.25, 0.3) is 0 Å². The van der Waals surface area contributed by atoms with Gasteiger partial charge < -0.3 is 20.1 Å². The molecule has 2 N–H and O–H groups in total. The Morgan fingerprint density at radius 2 is 1.87 bits per heavy atom. The van der Waals surface area contributed by atoms with Gasteiger partial charge in [0.1, 0.15) is 0 Å². The second-order valence-corrected chi connectivity index (χ2v) is 9.73. The normalized spacial score (nSPS) is 17.2. The average molecular weight is 550 g/mol. The molecule has 2 aromatic heterocycles. The van der Waals surface area contributed by atoms with E-state index in [-0.39, 0.29) is 18.4 Å². The highest BCUT2D eigenvalue weighted by atomic mass is 32.1. The third-order valence-corrected chi connectivity index (χ3v) is 6.97. The number of anilines is 1. The van der Waals surface area contributed by atoms with E-state index in [0.29, 0.717) is 23.0 Å². The van der Waals surface area contributed by atoms with Crippen LogP contribution in [0, 0.1) is 6.92 Å². The molecule has 1 saturated heterocycles. The van der Waals surface area contributed by atoms with E-state index in [2.05, 4.69) is 15.6 Å². The predicted molar refractivity (Wildman–Crippen MR) is 147 cm³/mol. The number of alkyl halides is 3. The van der Waals surface area contributed by atoms with Crippen LogP contribution in [0.2, 0.25) is 0 Å². The van der Waals surface area contributed by atoms with Gasteiger partial charge in [0.15, 0.2) is 5.11 Å². The maximum atomic E-state index is 13.5. The van der Waals surface area contributed by atoms with Crippen LogP contribution in [0.4, 0.5) is 18.9 Å². The molecule has 39 heavy (non-hydrogen) atoms. The van der Waals surface area contributed by atoms with E-state index in [0.717, 1.165) is 29.1 Å². The Kier molecular flexibility index (Phi) is 7.38. The van der Waals surface area contributed by atoms with Crippen LogP contribution in [0.5, 0.6) is 0 Å². The van der Waals surface area contributed by atoms with Crippen LogP contribution in [0.15, 0.2) is 91.3 Å². The van der Waals surface area contributed by atoms with Crippen molar-refractivity contribution in [3.8, 4) is 5.69 Å². The van der Waals surface area contributed by atoms with Crippen molar-refractivity contribution in [1.29, 1.82) is 0 Å². The number of thiocarbonyl (C=S) groups is 1. The number of carbonyl (C=O) groups is 1. The number of benzene rings is 2. The predicted octanol–water partition coefficient (Wildman–Crippen LogP) is 6.20. The zero-order chi connectivity index (χ0) is 27.6. The summed E-state index contributed by atoms with van der Waals surface area (Å²) in [6.45, 7) is 2.25. The fourth-order valence-corrected chi connectivity index (χ4v) is 5.17. The van der Waals surface area contributed by atoms with Gasteiger partial charge in [-0.1, -0.05) is 24.3 Å². The van der Waals surface area contributed by atoms with E-state index in [1.54, 1.807) is 29.1 Å². The minimum atomic E-state index is -4.47. The minimum Gasteiger partial charge on any atom is -0.352 e. The van der Waals surface area contributed by atoms with Crippen molar-refractivity contribution in [3.05, 3.63) is 114 Å². The van der Waals surface area contributed by atoms with E-state index in [1.165, 1.54) is 6.07 Å². The third kappa shape index (κ3) is 5.80. The fraction of sp³-hybridized carbons (Fsp3) is 0.207. The van der Waals surface area contributed by atoms with Crippen molar-refractivity contribution in [3.63, 3.8) is 0 Å². The van der Waals surface area contributed by atoms with Crippen LogP contribution in [-0.2, 0) is 11.0 Å². The number of halogens is 3. The lowest BCUT2D eigenvalue weighted by atomic mass is 10.0. The Morgan fingerprint density at radius 3 is 2.62 bits per heavy atom. The third-order valence-electron chi connectivity index (χ3n) is 6.61. The van der Waals surface area contributed by atoms with Gasteiger partial charge in [-0.3, -0.25) is 9.78 Å². The molecule has 2 unspecified atom stereocenters. The largest absolute Gasteiger partial charge is 0.416 e. The van der Waals surface area contributed by atoms with Crippen LogP contribution in [0.3, 0.4) is 0 Å². The number of carbonyl (C=O) groups excluding carboxylic acids is 1. The quantitative estimate of drug-likeness (QED) is 0.269. The van der Waals surface area contributed by atoms with Gasteiger partial charge in [0.2, 0.25) is 5.91 Å². The molecule has 4 aromatic rings. The Bertz CT molecular complexity index is 1490. The van der Waals surface area contributed by atoms with Gasteiger partial charge in [-0.15, -0.1) is 0 Å². The Labute approximate surface area is 229 Å². The molecule has 0 bridgehead atoms. The highest BCUT2D eigenvalue weighted by Crippen LogP contribution is 2.40.